The second kappa shape index (κ2) is 7.24. The highest BCUT2D eigenvalue weighted by Gasteiger charge is 2.49. The van der Waals surface area contributed by atoms with Crippen LogP contribution in [0.4, 0.5) is 23.2 Å². The van der Waals surface area contributed by atoms with Gasteiger partial charge in [-0.2, -0.15) is 18.3 Å². The maximum absolute atomic E-state index is 13.1. The minimum absolute atomic E-state index is 0.191. The number of carbonyl (C=O) groups is 1. The highest BCUT2D eigenvalue weighted by Crippen LogP contribution is 2.44. The van der Waals surface area contributed by atoms with E-state index in [0.717, 1.165) is 18.5 Å². The minimum atomic E-state index is -4.33. The van der Waals surface area contributed by atoms with Gasteiger partial charge in [0.05, 0.1) is 10.9 Å². The van der Waals surface area contributed by atoms with Crippen LogP contribution in [0.5, 0.6) is 0 Å². The molecule has 1 amide bonds. The third-order valence-corrected chi connectivity index (χ3v) is 4.70. The molecule has 0 spiro atoms. The van der Waals surface area contributed by atoms with E-state index >= 15 is 0 Å². The van der Waals surface area contributed by atoms with Crippen molar-refractivity contribution < 1.29 is 22.4 Å². The lowest BCUT2D eigenvalue weighted by Gasteiger charge is -2.29. The van der Waals surface area contributed by atoms with Crippen molar-refractivity contribution in [2.24, 2.45) is 12.5 Å². The van der Waals surface area contributed by atoms with Crippen molar-refractivity contribution in [2.75, 3.05) is 5.32 Å². The molecule has 1 unspecified atom stereocenters. The molecular weight excluding hydrogens is 386 g/mol. The number of nitrogens with one attached hydrogen (secondary N) is 1. The zero-order valence-corrected chi connectivity index (χ0v) is 15.7. The summed E-state index contributed by atoms with van der Waals surface area (Å²) in [6.07, 6.45) is -0.603. The van der Waals surface area contributed by atoms with Gasteiger partial charge in [0, 0.05) is 23.7 Å². The van der Waals surface area contributed by atoms with Crippen LogP contribution < -0.4 is 5.32 Å². The molecule has 0 saturated carbocycles. The second-order valence-corrected chi connectivity index (χ2v) is 6.93. The molecule has 0 fully saturated rings. The van der Waals surface area contributed by atoms with Crippen molar-refractivity contribution in [2.45, 2.75) is 19.5 Å². The number of carbonyl (C=O) groups excluding carboxylic acids is 1. The van der Waals surface area contributed by atoms with Crippen LogP contribution in [0.1, 0.15) is 19.0 Å². The highest BCUT2D eigenvalue weighted by molar-refractivity contribution is 6.03. The van der Waals surface area contributed by atoms with Gasteiger partial charge in [-0.3, -0.25) is 9.48 Å². The Labute approximate surface area is 164 Å². The van der Waals surface area contributed by atoms with E-state index in [-0.39, 0.29) is 6.42 Å². The molecule has 4 nitrogen and oxygen atoms in total. The number of hydrogen-bond donors (Lipinski definition) is 1. The van der Waals surface area contributed by atoms with Crippen molar-refractivity contribution in [3.05, 3.63) is 60.1 Å². The molecule has 150 valence electrons. The maximum atomic E-state index is 13.1. The Morgan fingerprint density at radius 2 is 2.07 bits per heavy atom. The summed E-state index contributed by atoms with van der Waals surface area (Å²) in [5.74, 6) is 3.63. The number of amides is 1. The van der Waals surface area contributed by atoms with Gasteiger partial charge < -0.3 is 5.32 Å². The van der Waals surface area contributed by atoms with Gasteiger partial charge in [-0.25, -0.2) is 4.39 Å². The summed E-state index contributed by atoms with van der Waals surface area (Å²) in [6.45, 7) is 4.08. The molecule has 1 aliphatic rings. The van der Waals surface area contributed by atoms with Gasteiger partial charge in [0.25, 0.3) is 5.91 Å². The fraction of sp³-hybridized carbons (Fsp3) is 0.238. The largest absolute Gasteiger partial charge is 0.397 e. The Morgan fingerprint density at radius 1 is 1.34 bits per heavy atom. The summed E-state index contributed by atoms with van der Waals surface area (Å²) in [7, 11) is 1.71. The van der Waals surface area contributed by atoms with Crippen LogP contribution in [-0.2, 0) is 11.8 Å². The number of hydrogen-bond acceptors (Lipinski definition) is 2. The number of rotatable bonds is 2. The lowest BCUT2D eigenvalue weighted by molar-refractivity contribution is -0.199. The maximum Gasteiger partial charge on any atom is 0.397 e. The summed E-state index contributed by atoms with van der Waals surface area (Å²) in [5.41, 5.74) is 0.0164. The first-order chi connectivity index (χ1) is 13.5. The van der Waals surface area contributed by atoms with Crippen molar-refractivity contribution >= 4 is 22.5 Å². The zero-order chi connectivity index (χ0) is 21.4. The Morgan fingerprint density at radius 3 is 2.66 bits per heavy atom. The summed E-state index contributed by atoms with van der Waals surface area (Å²) in [5, 5.41) is 7.29. The molecule has 1 N–H and O–H groups in total. The van der Waals surface area contributed by atoms with Crippen molar-refractivity contribution in [1.82, 2.24) is 9.78 Å². The fourth-order valence-electron chi connectivity index (χ4n) is 2.80. The molecule has 8 heteroatoms. The normalized spacial score (nSPS) is 18.8. The third-order valence-electron chi connectivity index (χ3n) is 4.70. The first-order valence-corrected chi connectivity index (χ1v) is 8.61. The lowest BCUT2D eigenvalue weighted by atomic mass is 9.81. The number of aryl methyl sites for hydroxylation is 1. The smallest absolute Gasteiger partial charge is 0.320 e. The number of alkyl halides is 3. The monoisotopic (exact) mass is 403 g/mol. The molecule has 0 radical (unpaired) electrons. The SMILES string of the molecule is C=C(F)C(=O)Nc1ccc2c(c1)c(C#CC1=CCC(C)(C(F)(F)F)C=C1)nn2C. The van der Waals surface area contributed by atoms with Crippen molar-refractivity contribution in [3.8, 4) is 11.8 Å². The van der Waals surface area contributed by atoms with Crippen LogP contribution in [0.2, 0.25) is 0 Å². The molecule has 3 rings (SSSR count). The van der Waals surface area contributed by atoms with Crippen molar-refractivity contribution in [3.63, 3.8) is 0 Å². The molecule has 0 aliphatic heterocycles. The summed E-state index contributed by atoms with van der Waals surface area (Å²) >= 11 is 0. The molecule has 1 aromatic heterocycles. The number of anilines is 1. The molecular formula is C21H17F4N3O. The van der Waals surface area contributed by atoms with Crippen LogP contribution in [0.15, 0.2) is 54.4 Å². The van der Waals surface area contributed by atoms with E-state index in [1.165, 1.54) is 12.2 Å². The van der Waals surface area contributed by atoms with E-state index < -0.39 is 23.3 Å². The molecule has 1 aromatic carbocycles. The predicted molar refractivity (Wildman–Crippen MR) is 102 cm³/mol. The number of nitrogens with zero attached hydrogens (tertiary/aromatic N) is 2. The lowest BCUT2D eigenvalue weighted by Crippen LogP contribution is -2.33. The molecule has 0 bridgehead atoms. The molecule has 1 heterocycles. The molecule has 0 saturated heterocycles. The number of halogens is 4. The van der Waals surface area contributed by atoms with Gasteiger partial charge in [-0.05, 0) is 43.5 Å². The first-order valence-electron chi connectivity index (χ1n) is 8.61. The Bertz CT molecular complexity index is 1130. The van der Waals surface area contributed by atoms with Gasteiger partial charge >= 0.3 is 6.18 Å². The van der Waals surface area contributed by atoms with E-state index in [1.54, 1.807) is 29.9 Å². The average Bonchev–Trinajstić information content (AvgIpc) is 2.95. The Hall–Kier alpha value is -3.34. The average molecular weight is 403 g/mol. The summed E-state index contributed by atoms with van der Waals surface area (Å²) < 4.78 is 53.7. The topological polar surface area (TPSA) is 46.9 Å². The Kier molecular flexibility index (Phi) is 5.09. The van der Waals surface area contributed by atoms with Crippen LogP contribution in [0, 0.1) is 17.3 Å². The zero-order valence-electron chi connectivity index (χ0n) is 15.7. The van der Waals surface area contributed by atoms with Crippen LogP contribution in [-0.4, -0.2) is 21.9 Å². The predicted octanol–water partition coefficient (Wildman–Crippen LogP) is 4.80. The summed E-state index contributed by atoms with van der Waals surface area (Å²) in [4.78, 5) is 11.5. The fourth-order valence-corrected chi connectivity index (χ4v) is 2.80. The van der Waals surface area contributed by atoms with Crippen molar-refractivity contribution in [1.29, 1.82) is 0 Å². The van der Waals surface area contributed by atoms with E-state index in [2.05, 4.69) is 28.8 Å². The standard InChI is InChI=1S/C21H17F4N3O/c1-13(22)19(29)26-15-5-7-18-16(12-15)17(27-28(18)3)6-4-14-8-10-20(2,11-9-14)21(23,24)25/h5,7-10,12H,1,11H2,2-3H3,(H,26,29). The van der Waals surface area contributed by atoms with Crippen LogP contribution >= 0.6 is 0 Å². The number of fused-ring (bicyclic) bond motifs is 1. The first kappa shape index (κ1) is 20.4. The van der Waals surface area contributed by atoms with Gasteiger partial charge in [-0.15, -0.1) is 0 Å². The molecule has 29 heavy (non-hydrogen) atoms. The molecule has 1 atom stereocenters. The van der Waals surface area contributed by atoms with E-state index in [0.29, 0.717) is 22.3 Å². The second-order valence-electron chi connectivity index (χ2n) is 6.93. The highest BCUT2D eigenvalue weighted by atomic mass is 19.4. The van der Waals surface area contributed by atoms with Gasteiger partial charge in [-0.1, -0.05) is 24.7 Å². The van der Waals surface area contributed by atoms with Gasteiger partial charge in [0.2, 0.25) is 0 Å². The Balaban J connectivity index is 1.89. The van der Waals surface area contributed by atoms with Crippen LogP contribution in [0.25, 0.3) is 10.9 Å². The third kappa shape index (κ3) is 4.09. The van der Waals surface area contributed by atoms with E-state index in [4.69, 9.17) is 0 Å². The quantitative estimate of drug-likeness (QED) is 0.445. The number of benzene rings is 1. The number of allylic oxidation sites excluding steroid dienone is 4. The molecule has 1 aliphatic carbocycles. The van der Waals surface area contributed by atoms with Gasteiger partial charge in [0.1, 0.15) is 5.69 Å². The van der Waals surface area contributed by atoms with E-state index in [1.807, 2.05) is 0 Å². The van der Waals surface area contributed by atoms with Gasteiger partial charge in [0.15, 0.2) is 5.83 Å². The van der Waals surface area contributed by atoms with Crippen LogP contribution in [0.3, 0.4) is 0 Å². The minimum Gasteiger partial charge on any atom is -0.320 e. The van der Waals surface area contributed by atoms with E-state index in [9.17, 15) is 22.4 Å². The summed E-state index contributed by atoms with van der Waals surface area (Å²) in [6, 6.07) is 4.88. The molecule has 2 aromatic rings. The number of aromatic nitrogens is 2.